The van der Waals surface area contributed by atoms with Crippen molar-refractivity contribution in [1.82, 2.24) is 9.97 Å². The van der Waals surface area contributed by atoms with Gasteiger partial charge >= 0.3 is 6.03 Å². The topological polar surface area (TPSA) is 106 Å². The number of urea groups is 1. The van der Waals surface area contributed by atoms with Gasteiger partial charge in [0.15, 0.2) is 0 Å². The Labute approximate surface area is 275 Å². The van der Waals surface area contributed by atoms with Crippen LogP contribution in [0.5, 0.6) is 11.5 Å². The fourth-order valence-electron chi connectivity index (χ4n) is 7.25. The lowest BCUT2D eigenvalue weighted by atomic mass is 9.73. The summed E-state index contributed by atoms with van der Waals surface area (Å²) < 4.78 is 11.0. The number of hydrogen-bond donors (Lipinski definition) is 2. The Bertz CT molecular complexity index is 1470. The predicted octanol–water partition coefficient (Wildman–Crippen LogP) is 7.83. The average Bonchev–Trinajstić information content (AvgIpc) is 3.35. The Morgan fingerprint density at radius 3 is 2.31 bits per heavy atom. The Balaban J connectivity index is 1.32. The van der Waals surface area contributed by atoms with Crippen molar-refractivity contribution in [3.8, 4) is 11.5 Å². The number of benzene rings is 2. The molecule has 3 aliphatic rings. The highest BCUT2D eigenvalue weighted by Crippen LogP contribution is 2.48. The van der Waals surface area contributed by atoms with Gasteiger partial charge in [0.2, 0.25) is 5.95 Å². The Morgan fingerprint density at radius 1 is 0.956 bits per heavy atom. The van der Waals surface area contributed by atoms with E-state index in [2.05, 4.69) is 5.32 Å². The molecule has 0 radical (unpaired) electrons. The van der Waals surface area contributed by atoms with E-state index in [4.69, 9.17) is 48.4 Å². The second-order valence-electron chi connectivity index (χ2n) is 12.5. The molecule has 2 saturated carbocycles. The zero-order valence-electron chi connectivity index (χ0n) is 26.0. The molecular weight excluding hydrogens is 611 g/mol. The SMILES string of the molecule is COc1cc(OC)c(Cl)c(N2Cc3cnc(N[C@@H]4CC(C5CCCCCC5)CC[C@@H]4N)nc3N(Cc3ccccc3)C2=O)c1Cl. The molecule has 1 aliphatic heterocycles. The smallest absolute Gasteiger partial charge is 0.330 e. The van der Waals surface area contributed by atoms with E-state index in [9.17, 15) is 4.79 Å². The summed E-state index contributed by atoms with van der Waals surface area (Å²) in [5.41, 5.74) is 8.68. The van der Waals surface area contributed by atoms with Crippen LogP contribution in [-0.4, -0.2) is 42.3 Å². The Kier molecular flexibility index (Phi) is 9.87. The lowest BCUT2D eigenvalue weighted by Crippen LogP contribution is -2.48. The Morgan fingerprint density at radius 2 is 1.64 bits per heavy atom. The van der Waals surface area contributed by atoms with Gasteiger partial charge in [0.25, 0.3) is 0 Å². The van der Waals surface area contributed by atoms with Gasteiger partial charge in [-0.25, -0.2) is 9.78 Å². The molecule has 240 valence electrons. The second-order valence-corrected chi connectivity index (χ2v) is 13.2. The summed E-state index contributed by atoms with van der Waals surface area (Å²) >= 11 is 13.5. The number of nitrogens with one attached hydrogen (secondary N) is 1. The van der Waals surface area contributed by atoms with Crippen LogP contribution in [0.3, 0.4) is 0 Å². The maximum Gasteiger partial charge on any atom is 0.330 e. The number of hydrogen-bond acceptors (Lipinski definition) is 7. The minimum atomic E-state index is -0.321. The number of carbonyl (C=O) groups excluding carboxylic acids is 1. The fraction of sp³-hybridized carbons (Fsp3) is 0.500. The highest BCUT2D eigenvalue weighted by atomic mass is 35.5. The van der Waals surface area contributed by atoms with Crippen LogP contribution in [0, 0.1) is 11.8 Å². The molecule has 2 aliphatic carbocycles. The number of aromatic nitrogens is 2. The summed E-state index contributed by atoms with van der Waals surface area (Å²) in [6.07, 6.45) is 13.0. The number of amides is 2. The quantitative estimate of drug-likeness (QED) is 0.239. The first-order chi connectivity index (χ1) is 21.9. The highest BCUT2D eigenvalue weighted by Gasteiger charge is 2.38. The molecule has 11 heteroatoms. The van der Waals surface area contributed by atoms with E-state index in [0.717, 1.165) is 29.9 Å². The third-order valence-electron chi connectivity index (χ3n) is 9.72. The molecular formula is C34H42Cl2N6O3. The van der Waals surface area contributed by atoms with Crippen molar-refractivity contribution in [2.75, 3.05) is 29.3 Å². The normalized spacial score (nSPS) is 22.5. The molecule has 0 saturated heterocycles. The Hall–Kier alpha value is -3.27. The monoisotopic (exact) mass is 652 g/mol. The van der Waals surface area contributed by atoms with E-state index < -0.39 is 0 Å². The van der Waals surface area contributed by atoms with Gasteiger partial charge < -0.3 is 20.5 Å². The van der Waals surface area contributed by atoms with E-state index >= 15 is 0 Å². The van der Waals surface area contributed by atoms with Gasteiger partial charge in [-0.05, 0) is 36.7 Å². The van der Waals surface area contributed by atoms with Crippen molar-refractivity contribution in [2.24, 2.45) is 17.6 Å². The third kappa shape index (κ3) is 6.67. The standard InChI is InChI=1S/C34H42Cl2N6O3/c1-44-27-17-28(45-2)30(36)31(29(27)35)41-20-24-18-38-33(40-32(24)42(34(41)43)19-21-10-6-5-7-11-21)39-26-16-23(14-15-25(26)37)22-12-8-3-4-9-13-22/h5-7,10-11,17-18,22-23,25-26H,3-4,8-9,12-16,19-20,37H2,1-2H3,(H,38,39,40)/t23?,25-,26+/m0/s1. The van der Waals surface area contributed by atoms with Crippen LogP contribution in [0.4, 0.5) is 22.2 Å². The minimum absolute atomic E-state index is 0.0246. The molecule has 2 heterocycles. The van der Waals surface area contributed by atoms with E-state index in [1.165, 1.54) is 64.1 Å². The van der Waals surface area contributed by atoms with Crippen molar-refractivity contribution >= 4 is 46.7 Å². The number of nitrogens with two attached hydrogens (primary N) is 1. The summed E-state index contributed by atoms with van der Waals surface area (Å²) in [4.78, 5) is 27.2. The maximum atomic E-state index is 14.3. The first-order valence-electron chi connectivity index (χ1n) is 16.0. The number of halogens is 2. The van der Waals surface area contributed by atoms with Crippen LogP contribution < -0.4 is 30.3 Å². The third-order valence-corrected chi connectivity index (χ3v) is 10.4. The first kappa shape index (κ1) is 31.7. The van der Waals surface area contributed by atoms with Gasteiger partial charge in [-0.2, -0.15) is 4.98 Å². The van der Waals surface area contributed by atoms with E-state index in [-0.39, 0.29) is 34.7 Å². The number of carbonyl (C=O) groups is 1. The van der Waals surface area contributed by atoms with Crippen molar-refractivity contribution in [3.63, 3.8) is 0 Å². The zero-order chi connectivity index (χ0) is 31.5. The largest absolute Gasteiger partial charge is 0.495 e. The molecule has 2 fully saturated rings. The minimum Gasteiger partial charge on any atom is -0.495 e. The van der Waals surface area contributed by atoms with Gasteiger partial charge in [-0.3, -0.25) is 9.80 Å². The van der Waals surface area contributed by atoms with Crippen molar-refractivity contribution < 1.29 is 14.3 Å². The molecule has 3 N–H and O–H groups in total. The van der Waals surface area contributed by atoms with Crippen LogP contribution in [-0.2, 0) is 13.1 Å². The second kappa shape index (κ2) is 14.0. The van der Waals surface area contributed by atoms with Crippen molar-refractivity contribution in [2.45, 2.75) is 83.0 Å². The predicted molar refractivity (Wildman–Crippen MR) is 180 cm³/mol. The number of methoxy groups -OCH3 is 2. The molecule has 9 nitrogen and oxygen atoms in total. The number of fused-ring (bicyclic) bond motifs is 1. The van der Waals surface area contributed by atoms with Gasteiger partial charge in [-0.1, -0.05) is 92.1 Å². The molecule has 45 heavy (non-hydrogen) atoms. The van der Waals surface area contributed by atoms with Crippen LogP contribution in [0.25, 0.3) is 0 Å². The molecule has 3 aromatic rings. The molecule has 1 unspecified atom stereocenters. The average molecular weight is 654 g/mol. The van der Waals surface area contributed by atoms with Crippen molar-refractivity contribution in [1.29, 1.82) is 0 Å². The molecule has 0 bridgehead atoms. The summed E-state index contributed by atoms with van der Waals surface area (Å²) in [7, 11) is 3.01. The molecule has 3 atom stereocenters. The number of nitrogens with zero attached hydrogens (tertiary/aromatic N) is 4. The fourth-order valence-corrected chi connectivity index (χ4v) is 7.95. The molecule has 2 amide bonds. The zero-order valence-corrected chi connectivity index (χ0v) is 27.5. The first-order valence-corrected chi connectivity index (χ1v) is 16.7. The molecule has 1 aromatic heterocycles. The van der Waals surface area contributed by atoms with Crippen LogP contribution in [0.1, 0.15) is 68.9 Å². The highest BCUT2D eigenvalue weighted by molar-refractivity contribution is 6.42. The van der Waals surface area contributed by atoms with Crippen LogP contribution >= 0.6 is 23.2 Å². The molecule has 6 rings (SSSR count). The molecule has 0 spiro atoms. The van der Waals surface area contributed by atoms with Crippen LogP contribution in [0.2, 0.25) is 10.0 Å². The number of rotatable bonds is 8. The van der Waals surface area contributed by atoms with E-state index in [1.807, 2.05) is 30.3 Å². The van der Waals surface area contributed by atoms with Crippen molar-refractivity contribution in [3.05, 3.63) is 63.8 Å². The summed E-state index contributed by atoms with van der Waals surface area (Å²) in [5, 5.41) is 4.01. The lowest BCUT2D eigenvalue weighted by molar-refractivity contribution is 0.202. The lowest BCUT2D eigenvalue weighted by Gasteiger charge is -2.39. The van der Waals surface area contributed by atoms with Gasteiger partial charge in [0.1, 0.15) is 27.4 Å². The van der Waals surface area contributed by atoms with Gasteiger partial charge in [0, 0.05) is 29.9 Å². The van der Waals surface area contributed by atoms with Crippen LogP contribution in [0.15, 0.2) is 42.6 Å². The number of anilines is 3. The number of ether oxygens (including phenoxy) is 2. The van der Waals surface area contributed by atoms with E-state index in [1.54, 1.807) is 17.2 Å². The summed E-state index contributed by atoms with van der Waals surface area (Å²) in [6, 6.07) is 11.2. The van der Waals surface area contributed by atoms with Gasteiger partial charge in [-0.15, -0.1) is 0 Å². The molecule has 2 aromatic carbocycles. The summed E-state index contributed by atoms with van der Waals surface area (Å²) in [6.45, 7) is 0.463. The van der Waals surface area contributed by atoms with Gasteiger partial charge in [0.05, 0.1) is 33.0 Å². The van der Waals surface area contributed by atoms with E-state index in [0.29, 0.717) is 41.4 Å². The maximum absolute atomic E-state index is 14.3. The summed E-state index contributed by atoms with van der Waals surface area (Å²) in [5.74, 6) is 3.16.